The van der Waals surface area contributed by atoms with E-state index < -0.39 is 0 Å². The zero-order valence-corrected chi connectivity index (χ0v) is 31.8. The number of benzene rings is 2. The molecule has 2 nitrogen and oxygen atoms in total. The van der Waals surface area contributed by atoms with E-state index in [1.807, 2.05) is 0 Å². The minimum absolute atomic E-state index is 0. The minimum Gasteiger partial charge on any atom is -0.252 e. The molecule has 2 rings (SSSR count). The summed E-state index contributed by atoms with van der Waals surface area (Å²) in [5.74, 6) is 0. The molecule has 3 heteroatoms. The molecule has 0 saturated heterocycles. The molecule has 0 aliphatic carbocycles. The standard InChI is InChI=1S/C42H68N2.Pd/c1-7-13-15-17-19-21-27-41(43-39-31-35(23-9-3)29-36(32-39)24-10-4)42(28-22-20-18-16-14-8-2)44-40-33-37(25-11-5)30-38(34-40)26-12-6;/h29-34H,7-28H2,1-6H3;. The van der Waals surface area contributed by atoms with Crippen LogP contribution in [0, 0.1) is 0 Å². The Morgan fingerprint density at radius 3 is 0.956 bits per heavy atom. The van der Waals surface area contributed by atoms with Gasteiger partial charge in [0.1, 0.15) is 0 Å². The van der Waals surface area contributed by atoms with Gasteiger partial charge in [0, 0.05) is 20.4 Å². The minimum atomic E-state index is 0. The van der Waals surface area contributed by atoms with Crippen molar-refractivity contribution in [3.8, 4) is 0 Å². The van der Waals surface area contributed by atoms with E-state index in [1.54, 1.807) is 0 Å². The van der Waals surface area contributed by atoms with Crippen molar-refractivity contribution in [3.05, 3.63) is 58.7 Å². The number of rotatable bonds is 25. The van der Waals surface area contributed by atoms with Crippen molar-refractivity contribution < 1.29 is 20.4 Å². The molecular weight excluding hydrogens is 639 g/mol. The molecule has 2 aromatic carbocycles. The fourth-order valence-electron chi connectivity index (χ4n) is 6.33. The number of hydrogen-bond donors (Lipinski definition) is 0. The van der Waals surface area contributed by atoms with Crippen LogP contribution in [0.5, 0.6) is 0 Å². The third-order valence-corrected chi connectivity index (χ3v) is 8.62. The smallest absolute Gasteiger partial charge is 0.0639 e. The summed E-state index contributed by atoms with van der Waals surface area (Å²) in [4.78, 5) is 11.0. The monoisotopic (exact) mass is 706 g/mol. The Bertz CT molecular complexity index is 964. The van der Waals surface area contributed by atoms with Gasteiger partial charge in [-0.25, -0.2) is 0 Å². The van der Waals surface area contributed by atoms with Gasteiger partial charge in [-0.15, -0.1) is 0 Å². The first-order valence-corrected chi connectivity index (χ1v) is 19.0. The normalized spacial score (nSPS) is 12.0. The van der Waals surface area contributed by atoms with Gasteiger partial charge < -0.3 is 0 Å². The molecule has 2 aromatic rings. The van der Waals surface area contributed by atoms with Gasteiger partial charge in [0.2, 0.25) is 0 Å². The predicted octanol–water partition coefficient (Wildman–Crippen LogP) is 13.8. The Morgan fingerprint density at radius 1 is 0.378 bits per heavy atom. The van der Waals surface area contributed by atoms with E-state index in [4.69, 9.17) is 9.98 Å². The van der Waals surface area contributed by atoms with Crippen LogP contribution in [0.2, 0.25) is 0 Å². The van der Waals surface area contributed by atoms with Crippen molar-refractivity contribution in [1.82, 2.24) is 0 Å². The largest absolute Gasteiger partial charge is 0.252 e. The topological polar surface area (TPSA) is 24.7 Å². The molecule has 0 bridgehead atoms. The van der Waals surface area contributed by atoms with Crippen LogP contribution in [0.4, 0.5) is 11.4 Å². The van der Waals surface area contributed by atoms with Crippen LogP contribution in [0.1, 0.15) is 179 Å². The average molecular weight is 707 g/mol. The Balaban J connectivity index is 0.0000101. The van der Waals surface area contributed by atoms with Crippen molar-refractivity contribution >= 4 is 22.8 Å². The van der Waals surface area contributed by atoms with E-state index in [0.717, 1.165) is 49.9 Å². The maximum Gasteiger partial charge on any atom is 0.0639 e. The number of unbranched alkanes of at least 4 members (excludes halogenated alkanes) is 10. The van der Waals surface area contributed by atoms with Crippen LogP contribution in [-0.4, -0.2) is 11.4 Å². The van der Waals surface area contributed by atoms with Crippen LogP contribution >= 0.6 is 0 Å². The van der Waals surface area contributed by atoms with Gasteiger partial charge in [-0.2, -0.15) is 0 Å². The zero-order chi connectivity index (χ0) is 31.8. The number of hydrogen-bond acceptors (Lipinski definition) is 2. The van der Waals surface area contributed by atoms with Crippen LogP contribution < -0.4 is 0 Å². The third kappa shape index (κ3) is 17.8. The van der Waals surface area contributed by atoms with Crippen molar-refractivity contribution in [3.63, 3.8) is 0 Å². The Labute approximate surface area is 293 Å². The van der Waals surface area contributed by atoms with E-state index in [1.165, 1.54) is 136 Å². The molecule has 0 spiro atoms. The SMILES string of the molecule is CCCCCCCCC(=Nc1cc(CCC)cc(CCC)c1)C(CCCCCCCC)=Nc1cc(CCC)cc(CCC)c1.[Pd]. The summed E-state index contributed by atoms with van der Waals surface area (Å²) in [7, 11) is 0. The number of aliphatic imine (C=N–C) groups is 2. The molecule has 0 aliphatic heterocycles. The zero-order valence-electron chi connectivity index (χ0n) is 30.2. The third-order valence-electron chi connectivity index (χ3n) is 8.62. The molecule has 0 N–H and O–H groups in total. The fraction of sp³-hybridized carbons (Fsp3) is 0.667. The quantitative estimate of drug-likeness (QED) is 0.0558. The molecule has 0 aliphatic rings. The molecule has 0 radical (unpaired) electrons. The van der Waals surface area contributed by atoms with Crippen molar-refractivity contribution in [2.24, 2.45) is 9.98 Å². The molecule has 0 aromatic heterocycles. The summed E-state index contributed by atoms with van der Waals surface area (Å²) >= 11 is 0. The van der Waals surface area contributed by atoms with Crippen LogP contribution in [0.25, 0.3) is 0 Å². The predicted molar refractivity (Wildman–Crippen MR) is 199 cm³/mol. The summed E-state index contributed by atoms with van der Waals surface area (Å²) in [6, 6.07) is 14.3. The Hall–Kier alpha value is -1.56. The van der Waals surface area contributed by atoms with Gasteiger partial charge in [0.05, 0.1) is 22.8 Å². The second kappa shape index (κ2) is 26.5. The van der Waals surface area contributed by atoms with Gasteiger partial charge in [0.25, 0.3) is 0 Å². The average Bonchev–Trinajstić information content (AvgIpc) is 3.00. The molecule has 45 heavy (non-hydrogen) atoms. The van der Waals surface area contributed by atoms with Crippen molar-refractivity contribution in [2.75, 3.05) is 0 Å². The van der Waals surface area contributed by atoms with Crippen LogP contribution in [0.3, 0.4) is 0 Å². The summed E-state index contributed by atoms with van der Waals surface area (Å²) in [5.41, 5.74) is 10.5. The van der Waals surface area contributed by atoms with Gasteiger partial charge in [0.15, 0.2) is 0 Å². The first-order chi connectivity index (χ1) is 21.6. The summed E-state index contributed by atoms with van der Waals surface area (Å²) in [6.45, 7) is 13.7. The van der Waals surface area contributed by atoms with Gasteiger partial charge in [-0.1, -0.05) is 144 Å². The van der Waals surface area contributed by atoms with Crippen molar-refractivity contribution in [1.29, 1.82) is 0 Å². The Kier molecular flexibility index (Phi) is 24.4. The molecular formula is C42H68N2Pd. The first kappa shape index (κ1) is 41.5. The van der Waals surface area contributed by atoms with E-state index in [9.17, 15) is 0 Å². The fourth-order valence-corrected chi connectivity index (χ4v) is 6.33. The Morgan fingerprint density at radius 2 is 0.667 bits per heavy atom. The summed E-state index contributed by atoms with van der Waals surface area (Å²) < 4.78 is 0. The maximum absolute atomic E-state index is 5.51. The number of aryl methyl sites for hydroxylation is 4. The first-order valence-electron chi connectivity index (χ1n) is 19.0. The van der Waals surface area contributed by atoms with E-state index in [-0.39, 0.29) is 20.4 Å². The second-order valence-electron chi connectivity index (χ2n) is 13.2. The second-order valence-corrected chi connectivity index (χ2v) is 13.2. The van der Waals surface area contributed by atoms with E-state index >= 15 is 0 Å². The maximum atomic E-state index is 5.51. The molecule has 0 fully saturated rings. The molecule has 256 valence electrons. The molecule has 0 saturated carbocycles. The van der Waals surface area contributed by atoms with Crippen LogP contribution in [0.15, 0.2) is 46.4 Å². The molecule has 0 atom stereocenters. The summed E-state index contributed by atoms with van der Waals surface area (Å²) in [5, 5.41) is 0. The molecule has 0 amide bonds. The van der Waals surface area contributed by atoms with Crippen LogP contribution in [-0.2, 0) is 46.1 Å². The van der Waals surface area contributed by atoms with Gasteiger partial charge in [-0.05, 0) is 97.9 Å². The van der Waals surface area contributed by atoms with Gasteiger partial charge in [-0.3, -0.25) is 9.98 Å². The molecule has 0 unspecified atom stereocenters. The summed E-state index contributed by atoms with van der Waals surface area (Å²) in [6.07, 6.45) is 26.8. The van der Waals surface area contributed by atoms with E-state index in [0.29, 0.717) is 0 Å². The molecule has 0 heterocycles. The van der Waals surface area contributed by atoms with E-state index in [2.05, 4.69) is 77.9 Å². The number of nitrogens with zero attached hydrogens (tertiary/aromatic N) is 2. The van der Waals surface area contributed by atoms with Gasteiger partial charge >= 0.3 is 0 Å². The van der Waals surface area contributed by atoms with Crippen molar-refractivity contribution in [2.45, 2.75) is 183 Å².